The van der Waals surface area contributed by atoms with Crippen molar-refractivity contribution < 1.29 is 9.84 Å². The molecule has 18 heavy (non-hydrogen) atoms. The summed E-state index contributed by atoms with van der Waals surface area (Å²) in [4.78, 5) is 0. The van der Waals surface area contributed by atoms with Crippen molar-refractivity contribution in [2.24, 2.45) is 17.6 Å². The summed E-state index contributed by atoms with van der Waals surface area (Å²) >= 11 is 0. The molecule has 5 unspecified atom stereocenters. The first-order chi connectivity index (χ1) is 8.75. The van der Waals surface area contributed by atoms with Crippen LogP contribution in [0.4, 0.5) is 0 Å². The molecule has 0 saturated carbocycles. The molecule has 2 aliphatic carbocycles. The van der Waals surface area contributed by atoms with Crippen LogP contribution < -0.4 is 5.73 Å². The molecule has 3 N–H and O–H groups in total. The quantitative estimate of drug-likeness (QED) is 0.749. The average Bonchev–Trinajstić information content (AvgIpc) is 2.72. The Bertz CT molecular complexity index is 366. The van der Waals surface area contributed by atoms with E-state index in [1.165, 1.54) is 0 Å². The summed E-state index contributed by atoms with van der Waals surface area (Å²) < 4.78 is 6.44. The van der Waals surface area contributed by atoms with Gasteiger partial charge in [0.15, 0.2) is 0 Å². The van der Waals surface area contributed by atoms with Crippen molar-refractivity contribution in [3.8, 4) is 0 Å². The van der Waals surface area contributed by atoms with Crippen LogP contribution in [-0.2, 0) is 4.74 Å². The maximum Gasteiger partial charge on any atom is 0.0771 e. The molecule has 0 aromatic heterocycles. The second-order valence-electron chi connectivity index (χ2n) is 5.99. The number of nitrogens with two attached hydrogens (primary N) is 1. The number of allylic oxidation sites excluding steroid dienone is 2. The molecular weight excluding hydrogens is 226 g/mol. The first-order valence-corrected chi connectivity index (χ1v) is 7.09. The van der Waals surface area contributed by atoms with E-state index in [0.717, 1.165) is 32.1 Å². The van der Waals surface area contributed by atoms with E-state index >= 15 is 0 Å². The Morgan fingerprint density at radius 2 is 2.00 bits per heavy atom. The van der Waals surface area contributed by atoms with Crippen molar-refractivity contribution in [1.29, 1.82) is 0 Å². The number of hydrogen-bond acceptors (Lipinski definition) is 3. The highest BCUT2D eigenvalue weighted by Gasteiger charge is 2.54. The smallest absolute Gasteiger partial charge is 0.0771 e. The SMILES string of the molecule is NC(CO)CC12CC=CCC1C1CC=CCC1O2. The zero-order valence-corrected chi connectivity index (χ0v) is 10.8. The van der Waals surface area contributed by atoms with Crippen LogP contribution in [-0.4, -0.2) is 29.5 Å². The molecule has 1 saturated heterocycles. The fourth-order valence-corrected chi connectivity index (χ4v) is 4.05. The van der Waals surface area contributed by atoms with E-state index in [-0.39, 0.29) is 18.2 Å². The van der Waals surface area contributed by atoms with E-state index in [9.17, 15) is 5.11 Å². The Morgan fingerprint density at radius 1 is 1.22 bits per heavy atom. The minimum Gasteiger partial charge on any atom is -0.395 e. The van der Waals surface area contributed by atoms with Crippen molar-refractivity contribution >= 4 is 0 Å². The number of hydrogen-bond donors (Lipinski definition) is 2. The van der Waals surface area contributed by atoms with Crippen LogP contribution in [0.15, 0.2) is 24.3 Å². The molecule has 3 rings (SSSR count). The van der Waals surface area contributed by atoms with Gasteiger partial charge in [0.05, 0.1) is 18.3 Å². The van der Waals surface area contributed by atoms with Crippen LogP contribution in [0.25, 0.3) is 0 Å². The molecule has 1 fully saturated rings. The van der Waals surface area contributed by atoms with Crippen molar-refractivity contribution in [2.45, 2.75) is 49.9 Å². The first kappa shape index (κ1) is 12.4. The second-order valence-corrected chi connectivity index (χ2v) is 5.99. The lowest BCUT2D eigenvalue weighted by Crippen LogP contribution is -2.44. The summed E-state index contributed by atoms with van der Waals surface area (Å²) in [5, 5.41) is 9.23. The Balaban J connectivity index is 1.84. The minimum absolute atomic E-state index is 0.0507. The van der Waals surface area contributed by atoms with Gasteiger partial charge in [-0.15, -0.1) is 0 Å². The molecule has 0 aromatic carbocycles. The molecule has 3 aliphatic rings. The summed E-state index contributed by atoms with van der Waals surface area (Å²) in [5.74, 6) is 1.22. The molecule has 0 radical (unpaired) electrons. The van der Waals surface area contributed by atoms with Gasteiger partial charge in [-0.2, -0.15) is 0 Å². The van der Waals surface area contributed by atoms with E-state index < -0.39 is 0 Å². The van der Waals surface area contributed by atoms with E-state index in [4.69, 9.17) is 10.5 Å². The number of aliphatic hydroxyl groups is 1. The van der Waals surface area contributed by atoms with Gasteiger partial charge in [0.2, 0.25) is 0 Å². The molecule has 3 nitrogen and oxygen atoms in total. The Kier molecular flexibility index (Phi) is 3.31. The molecular formula is C15H23NO2. The standard InChI is InChI=1S/C15H23NO2/c16-11(10-17)9-15-8-4-3-6-13(15)12-5-1-2-7-14(12)18-15/h1-4,11-14,17H,5-10,16H2. The zero-order chi connectivity index (χ0) is 12.6. The molecule has 100 valence electrons. The lowest BCUT2D eigenvalue weighted by Gasteiger charge is -2.38. The average molecular weight is 249 g/mol. The van der Waals surface area contributed by atoms with E-state index in [0.29, 0.717) is 17.9 Å². The molecule has 3 heteroatoms. The maximum absolute atomic E-state index is 9.23. The number of aliphatic hydroxyl groups excluding tert-OH is 1. The summed E-state index contributed by atoms with van der Waals surface area (Å²) in [6.45, 7) is 0.0507. The van der Waals surface area contributed by atoms with Crippen LogP contribution in [0.1, 0.15) is 32.1 Å². The number of rotatable bonds is 3. The summed E-state index contributed by atoms with van der Waals surface area (Å²) in [5.41, 5.74) is 5.86. The van der Waals surface area contributed by atoms with Crippen LogP contribution in [0.5, 0.6) is 0 Å². The third-order valence-electron chi connectivity index (χ3n) is 4.86. The predicted molar refractivity (Wildman–Crippen MR) is 71.0 cm³/mol. The highest BCUT2D eigenvalue weighted by Crippen LogP contribution is 2.52. The van der Waals surface area contributed by atoms with Gasteiger partial charge in [-0.25, -0.2) is 0 Å². The van der Waals surface area contributed by atoms with Gasteiger partial charge in [0, 0.05) is 6.04 Å². The van der Waals surface area contributed by atoms with E-state index in [1.54, 1.807) is 0 Å². The van der Waals surface area contributed by atoms with Gasteiger partial charge in [-0.05, 0) is 43.9 Å². The number of ether oxygens (including phenoxy) is 1. The fraction of sp³-hybridized carbons (Fsp3) is 0.733. The topological polar surface area (TPSA) is 55.5 Å². The zero-order valence-electron chi connectivity index (χ0n) is 10.8. The fourth-order valence-electron chi connectivity index (χ4n) is 4.05. The summed E-state index contributed by atoms with van der Waals surface area (Å²) in [6, 6.07) is -0.160. The van der Waals surface area contributed by atoms with Gasteiger partial charge in [-0.3, -0.25) is 0 Å². The largest absolute Gasteiger partial charge is 0.395 e. The Hall–Kier alpha value is -0.640. The monoisotopic (exact) mass is 249 g/mol. The third-order valence-corrected chi connectivity index (χ3v) is 4.86. The molecule has 5 atom stereocenters. The van der Waals surface area contributed by atoms with Crippen LogP contribution in [0.2, 0.25) is 0 Å². The molecule has 0 amide bonds. The van der Waals surface area contributed by atoms with Crippen LogP contribution >= 0.6 is 0 Å². The Labute approximate surface area is 109 Å². The predicted octanol–water partition coefficient (Wildman–Crippen LogP) is 1.77. The van der Waals surface area contributed by atoms with Gasteiger partial charge < -0.3 is 15.6 Å². The van der Waals surface area contributed by atoms with E-state index in [2.05, 4.69) is 24.3 Å². The molecule has 0 aromatic rings. The van der Waals surface area contributed by atoms with Gasteiger partial charge in [0.1, 0.15) is 0 Å². The lowest BCUT2D eigenvalue weighted by atomic mass is 9.69. The van der Waals surface area contributed by atoms with Crippen molar-refractivity contribution in [3.63, 3.8) is 0 Å². The summed E-state index contributed by atoms with van der Waals surface area (Å²) in [6.07, 6.45) is 14.4. The van der Waals surface area contributed by atoms with Crippen molar-refractivity contribution in [2.75, 3.05) is 6.61 Å². The first-order valence-electron chi connectivity index (χ1n) is 7.09. The normalized spacial score (nSPS) is 43.6. The molecule has 1 aliphatic heterocycles. The van der Waals surface area contributed by atoms with E-state index in [1.807, 2.05) is 0 Å². The highest BCUT2D eigenvalue weighted by atomic mass is 16.5. The minimum atomic E-state index is -0.160. The molecule has 0 bridgehead atoms. The third kappa shape index (κ3) is 1.94. The Morgan fingerprint density at radius 3 is 2.83 bits per heavy atom. The maximum atomic E-state index is 9.23. The second kappa shape index (κ2) is 4.80. The molecule has 0 spiro atoms. The number of fused-ring (bicyclic) bond motifs is 3. The van der Waals surface area contributed by atoms with Crippen molar-refractivity contribution in [1.82, 2.24) is 0 Å². The van der Waals surface area contributed by atoms with Gasteiger partial charge >= 0.3 is 0 Å². The molecule has 1 heterocycles. The highest BCUT2D eigenvalue weighted by molar-refractivity contribution is 5.14. The van der Waals surface area contributed by atoms with Gasteiger partial charge in [-0.1, -0.05) is 24.3 Å². The summed E-state index contributed by atoms with van der Waals surface area (Å²) in [7, 11) is 0. The van der Waals surface area contributed by atoms with Gasteiger partial charge in [0.25, 0.3) is 0 Å². The van der Waals surface area contributed by atoms with Crippen molar-refractivity contribution in [3.05, 3.63) is 24.3 Å². The van der Waals surface area contributed by atoms with Crippen LogP contribution in [0, 0.1) is 11.8 Å². The lowest BCUT2D eigenvalue weighted by molar-refractivity contribution is -0.0701. The van der Waals surface area contributed by atoms with Crippen LogP contribution in [0.3, 0.4) is 0 Å².